The molecule has 0 aliphatic rings. The molecule has 0 fully saturated rings. The average Bonchev–Trinajstić information content (AvgIpc) is 2.59. The highest BCUT2D eigenvalue weighted by Crippen LogP contribution is 2.08. The first-order valence-electron chi connectivity index (χ1n) is 4.88. The van der Waals surface area contributed by atoms with Crippen LogP contribution in [0.25, 0.3) is 0 Å². The highest BCUT2D eigenvalue weighted by molar-refractivity contribution is 5.25. The van der Waals surface area contributed by atoms with Gasteiger partial charge in [-0.1, -0.05) is 12.1 Å². The summed E-state index contributed by atoms with van der Waals surface area (Å²) in [5.41, 5.74) is 2.06. The molecule has 4 heteroatoms. The summed E-state index contributed by atoms with van der Waals surface area (Å²) in [6.45, 7) is 2.23. The van der Waals surface area contributed by atoms with Gasteiger partial charge in [-0.3, -0.25) is 4.68 Å². The second-order valence-electron chi connectivity index (χ2n) is 3.57. The number of aromatic nitrogens is 2. The van der Waals surface area contributed by atoms with Crippen molar-refractivity contribution in [3.8, 4) is 6.07 Å². The van der Waals surface area contributed by atoms with Gasteiger partial charge in [0.1, 0.15) is 17.6 Å². The molecule has 0 spiro atoms. The van der Waals surface area contributed by atoms with Crippen molar-refractivity contribution in [3.63, 3.8) is 0 Å². The van der Waals surface area contributed by atoms with Crippen LogP contribution in [0.3, 0.4) is 0 Å². The summed E-state index contributed by atoms with van der Waals surface area (Å²) in [6, 6.07) is 10.1. The van der Waals surface area contributed by atoms with Crippen molar-refractivity contribution < 1.29 is 4.39 Å². The molecule has 0 radical (unpaired) electrons. The van der Waals surface area contributed by atoms with Crippen molar-refractivity contribution in [1.82, 2.24) is 9.78 Å². The molecule has 1 aromatic carbocycles. The van der Waals surface area contributed by atoms with Gasteiger partial charge in [-0.2, -0.15) is 10.4 Å². The Labute approximate surface area is 92.7 Å². The quantitative estimate of drug-likeness (QED) is 0.771. The Hall–Kier alpha value is -2.15. The molecule has 80 valence electrons. The van der Waals surface area contributed by atoms with E-state index in [0.717, 1.165) is 11.3 Å². The molecule has 0 saturated heterocycles. The molecule has 3 nitrogen and oxygen atoms in total. The van der Waals surface area contributed by atoms with Gasteiger partial charge < -0.3 is 0 Å². The van der Waals surface area contributed by atoms with E-state index in [1.807, 2.05) is 6.92 Å². The van der Waals surface area contributed by atoms with E-state index in [9.17, 15) is 4.39 Å². The van der Waals surface area contributed by atoms with Gasteiger partial charge in [0.05, 0.1) is 12.2 Å². The second kappa shape index (κ2) is 4.15. The van der Waals surface area contributed by atoms with Gasteiger partial charge in [-0.05, 0) is 30.7 Å². The van der Waals surface area contributed by atoms with Crippen LogP contribution in [0.15, 0.2) is 30.3 Å². The van der Waals surface area contributed by atoms with Crippen LogP contribution in [0.4, 0.5) is 4.39 Å². The molecule has 1 aromatic heterocycles. The lowest BCUT2D eigenvalue weighted by atomic mass is 10.2. The van der Waals surface area contributed by atoms with Gasteiger partial charge in [0.25, 0.3) is 0 Å². The molecule has 16 heavy (non-hydrogen) atoms. The molecule has 0 unspecified atom stereocenters. The van der Waals surface area contributed by atoms with E-state index in [1.54, 1.807) is 22.9 Å². The highest BCUT2D eigenvalue weighted by atomic mass is 19.1. The lowest BCUT2D eigenvalue weighted by molar-refractivity contribution is 0.617. The number of halogens is 1. The molecule has 0 aliphatic heterocycles. The maximum absolute atomic E-state index is 13.0. The molecule has 0 amide bonds. The second-order valence-corrected chi connectivity index (χ2v) is 3.57. The molecule has 0 aliphatic carbocycles. The van der Waals surface area contributed by atoms with Crippen LogP contribution in [0.2, 0.25) is 0 Å². The first kappa shape index (κ1) is 10.4. The van der Waals surface area contributed by atoms with E-state index in [-0.39, 0.29) is 5.82 Å². The van der Waals surface area contributed by atoms with Gasteiger partial charge in [0, 0.05) is 0 Å². The van der Waals surface area contributed by atoms with Gasteiger partial charge in [0.2, 0.25) is 0 Å². The minimum atomic E-state index is -0.278. The molecular weight excluding hydrogens is 205 g/mol. The van der Waals surface area contributed by atoms with Crippen molar-refractivity contribution in [2.45, 2.75) is 13.5 Å². The summed E-state index contributed by atoms with van der Waals surface area (Å²) in [7, 11) is 0. The average molecular weight is 215 g/mol. The van der Waals surface area contributed by atoms with Crippen LogP contribution in [-0.2, 0) is 6.54 Å². The Morgan fingerprint density at radius 3 is 2.94 bits per heavy atom. The van der Waals surface area contributed by atoms with Crippen LogP contribution >= 0.6 is 0 Å². The maximum Gasteiger partial charge on any atom is 0.139 e. The molecule has 2 aromatic rings. The Bertz CT molecular complexity index is 552. The third-order valence-corrected chi connectivity index (χ3v) is 2.24. The lowest BCUT2D eigenvalue weighted by Gasteiger charge is -2.03. The van der Waals surface area contributed by atoms with E-state index < -0.39 is 0 Å². The summed E-state index contributed by atoms with van der Waals surface area (Å²) < 4.78 is 14.5. The Morgan fingerprint density at radius 1 is 1.44 bits per heavy atom. The molecule has 0 N–H and O–H groups in total. The van der Waals surface area contributed by atoms with E-state index in [1.165, 1.54) is 12.1 Å². The third-order valence-electron chi connectivity index (χ3n) is 2.24. The van der Waals surface area contributed by atoms with Gasteiger partial charge in [-0.25, -0.2) is 4.39 Å². The van der Waals surface area contributed by atoms with Crippen LogP contribution in [0.1, 0.15) is 17.0 Å². The van der Waals surface area contributed by atoms with E-state index in [2.05, 4.69) is 11.2 Å². The fourth-order valence-electron chi connectivity index (χ4n) is 1.56. The number of nitriles is 1. The molecular formula is C12H10FN3. The molecule has 0 atom stereocenters. The molecule has 0 saturated carbocycles. The summed E-state index contributed by atoms with van der Waals surface area (Å²) in [5, 5.41) is 13.1. The number of aryl methyl sites for hydroxylation is 1. The minimum Gasteiger partial charge on any atom is -0.250 e. The topological polar surface area (TPSA) is 41.6 Å². The SMILES string of the molecule is Cc1cc(C#N)n(Cc2cccc(F)c2)n1. The van der Waals surface area contributed by atoms with E-state index >= 15 is 0 Å². The number of hydrogen-bond donors (Lipinski definition) is 0. The molecule has 0 bridgehead atoms. The summed E-state index contributed by atoms with van der Waals surface area (Å²) in [6.07, 6.45) is 0. The largest absolute Gasteiger partial charge is 0.250 e. The first-order chi connectivity index (χ1) is 7.69. The zero-order valence-electron chi connectivity index (χ0n) is 8.81. The van der Waals surface area contributed by atoms with Crippen molar-refractivity contribution in [2.24, 2.45) is 0 Å². The third kappa shape index (κ3) is 2.09. The van der Waals surface area contributed by atoms with E-state index in [4.69, 9.17) is 5.26 Å². The molecule has 2 rings (SSSR count). The summed E-state index contributed by atoms with van der Waals surface area (Å²) in [4.78, 5) is 0. The number of rotatable bonds is 2. The minimum absolute atomic E-state index is 0.278. The van der Waals surface area contributed by atoms with Crippen LogP contribution in [-0.4, -0.2) is 9.78 Å². The van der Waals surface area contributed by atoms with Gasteiger partial charge in [-0.15, -0.1) is 0 Å². The van der Waals surface area contributed by atoms with Crippen molar-refractivity contribution in [1.29, 1.82) is 5.26 Å². The zero-order chi connectivity index (χ0) is 11.5. The Morgan fingerprint density at radius 2 is 2.25 bits per heavy atom. The monoisotopic (exact) mass is 215 g/mol. The van der Waals surface area contributed by atoms with Crippen LogP contribution in [0.5, 0.6) is 0 Å². The van der Waals surface area contributed by atoms with Crippen LogP contribution in [0, 0.1) is 24.1 Å². The standard InChI is InChI=1S/C12H10FN3/c1-9-5-12(7-14)16(15-9)8-10-3-2-4-11(13)6-10/h2-6H,8H2,1H3. The molecule has 1 heterocycles. The predicted molar refractivity (Wildman–Crippen MR) is 57.2 cm³/mol. The van der Waals surface area contributed by atoms with Gasteiger partial charge in [0.15, 0.2) is 0 Å². The Kier molecular flexibility index (Phi) is 2.69. The number of benzene rings is 1. The van der Waals surface area contributed by atoms with Gasteiger partial charge >= 0.3 is 0 Å². The predicted octanol–water partition coefficient (Wildman–Crippen LogP) is 2.25. The number of nitrogens with zero attached hydrogens (tertiary/aromatic N) is 3. The summed E-state index contributed by atoms with van der Waals surface area (Å²) in [5.74, 6) is -0.278. The van der Waals surface area contributed by atoms with E-state index in [0.29, 0.717) is 12.2 Å². The first-order valence-corrected chi connectivity index (χ1v) is 4.88. The summed E-state index contributed by atoms with van der Waals surface area (Å²) >= 11 is 0. The zero-order valence-corrected chi connectivity index (χ0v) is 8.81. The highest BCUT2D eigenvalue weighted by Gasteiger charge is 2.05. The normalized spacial score (nSPS) is 10.1. The van der Waals surface area contributed by atoms with Crippen molar-refractivity contribution in [2.75, 3.05) is 0 Å². The Balaban J connectivity index is 2.30. The smallest absolute Gasteiger partial charge is 0.139 e. The maximum atomic E-state index is 13.0. The fraction of sp³-hybridized carbons (Fsp3) is 0.167. The van der Waals surface area contributed by atoms with Crippen molar-refractivity contribution in [3.05, 3.63) is 53.1 Å². The fourth-order valence-corrected chi connectivity index (χ4v) is 1.56. The number of hydrogen-bond acceptors (Lipinski definition) is 2. The lowest BCUT2D eigenvalue weighted by Crippen LogP contribution is -2.04. The van der Waals surface area contributed by atoms with Crippen LogP contribution < -0.4 is 0 Å². The van der Waals surface area contributed by atoms with Crippen molar-refractivity contribution >= 4 is 0 Å².